The van der Waals surface area contributed by atoms with Crippen molar-refractivity contribution in [1.29, 1.82) is 0 Å². The summed E-state index contributed by atoms with van der Waals surface area (Å²) in [4.78, 5) is 67.4. The predicted molar refractivity (Wildman–Crippen MR) is 236 cm³/mol. The number of aromatic amines is 1. The number of aromatic nitrogens is 2. The summed E-state index contributed by atoms with van der Waals surface area (Å²) in [6.07, 6.45) is 6.61. The lowest BCUT2D eigenvalue weighted by Crippen LogP contribution is -2.60. The van der Waals surface area contributed by atoms with Gasteiger partial charge in [0.15, 0.2) is 0 Å². The second kappa shape index (κ2) is 21.0. The molecule has 1 saturated carbocycles. The Labute approximate surface area is 362 Å². The molecule has 6 rings (SSSR count). The van der Waals surface area contributed by atoms with Gasteiger partial charge in [-0.1, -0.05) is 102 Å². The van der Waals surface area contributed by atoms with Crippen LogP contribution in [0.5, 0.6) is 0 Å². The van der Waals surface area contributed by atoms with Crippen molar-refractivity contribution in [2.45, 2.75) is 128 Å². The maximum absolute atomic E-state index is 14.4. The molecule has 3 heterocycles. The molecule has 332 valence electrons. The molecule has 1 aliphatic carbocycles. The van der Waals surface area contributed by atoms with Gasteiger partial charge in [-0.25, -0.2) is 4.98 Å². The predicted octanol–water partition coefficient (Wildman–Crippen LogP) is 5.67. The Morgan fingerprint density at radius 3 is 2.28 bits per heavy atom. The van der Waals surface area contributed by atoms with Gasteiger partial charge in [-0.15, -0.1) is 0 Å². The van der Waals surface area contributed by atoms with E-state index in [-0.39, 0.29) is 65.8 Å². The van der Waals surface area contributed by atoms with E-state index < -0.39 is 36.3 Å². The molecule has 2 aliphatic heterocycles. The minimum absolute atomic E-state index is 0.0271. The number of fused-ring (bicyclic) bond motifs is 2. The third kappa shape index (κ3) is 10.5. The van der Waals surface area contributed by atoms with E-state index in [1.807, 2.05) is 86.3 Å². The molecule has 3 fully saturated rings. The Balaban J connectivity index is 1.12. The first kappa shape index (κ1) is 45.9. The van der Waals surface area contributed by atoms with Crippen LogP contribution in [-0.2, 0) is 35.1 Å². The fourth-order valence-corrected chi connectivity index (χ4v) is 10.5. The Morgan fingerprint density at radius 2 is 1.64 bits per heavy atom. The average molecular weight is 840 g/mol. The van der Waals surface area contributed by atoms with E-state index in [1.54, 1.807) is 20.4 Å². The number of H-pyrrole nitrogens is 1. The lowest BCUT2D eigenvalue weighted by Gasteiger charge is -2.41. The van der Waals surface area contributed by atoms with Gasteiger partial charge in [-0.2, -0.15) is 0 Å². The summed E-state index contributed by atoms with van der Waals surface area (Å²) in [7, 11) is 3.24. The summed E-state index contributed by atoms with van der Waals surface area (Å²) in [6.45, 7) is 11.0. The third-order valence-corrected chi connectivity index (χ3v) is 14.0. The molecule has 5 N–H and O–H groups in total. The van der Waals surface area contributed by atoms with Crippen LogP contribution in [0.1, 0.15) is 97.0 Å². The minimum Gasteiger partial charge on any atom is -0.381 e. The number of hydrogen-bond acceptors (Lipinski definition) is 8. The number of benzene rings is 2. The molecule has 4 amide bonds. The van der Waals surface area contributed by atoms with Gasteiger partial charge >= 0.3 is 0 Å². The molecule has 1 aromatic heterocycles. The van der Waals surface area contributed by atoms with Gasteiger partial charge in [-0.3, -0.25) is 24.1 Å². The van der Waals surface area contributed by atoms with Gasteiger partial charge in [0, 0.05) is 39.3 Å². The van der Waals surface area contributed by atoms with Crippen molar-refractivity contribution >= 4 is 23.6 Å². The van der Waals surface area contributed by atoms with E-state index in [9.17, 15) is 19.2 Å². The van der Waals surface area contributed by atoms with Crippen LogP contribution in [-0.4, -0.2) is 107 Å². The Bertz CT molecular complexity index is 1910. The molecule has 0 radical (unpaired) electrons. The van der Waals surface area contributed by atoms with Crippen LogP contribution >= 0.6 is 0 Å². The molecule has 3 aliphatic rings. The number of imidazole rings is 1. The summed E-state index contributed by atoms with van der Waals surface area (Å²) >= 11 is 0. The largest absolute Gasteiger partial charge is 0.381 e. The molecule has 2 aromatic carbocycles. The number of likely N-dealkylation sites (tertiary alicyclic amines) is 2. The van der Waals surface area contributed by atoms with E-state index in [2.05, 4.69) is 34.4 Å². The fraction of sp³-hybridized carbons (Fsp3) is 0.604. The second-order valence-electron chi connectivity index (χ2n) is 18.1. The zero-order valence-corrected chi connectivity index (χ0v) is 37.2. The zero-order chi connectivity index (χ0) is 43.8. The number of rotatable bonds is 21. The number of methoxy groups -OCH3 is 2. The molecule has 13 nitrogen and oxygen atoms in total. The van der Waals surface area contributed by atoms with Gasteiger partial charge in [0.25, 0.3) is 0 Å². The smallest absolute Gasteiger partial charge is 0.237 e. The first-order valence-corrected chi connectivity index (χ1v) is 22.5. The summed E-state index contributed by atoms with van der Waals surface area (Å²) in [5.74, 6) is -0.479. The van der Waals surface area contributed by atoms with Crippen molar-refractivity contribution in [1.82, 2.24) is 30.4 Å². The van der Waals surface area contributed by atoms with Crippen molar-refractivity contribution < 1.29 is 28.7 Å². The number of nitrogens with one attached hydrogen (secondary N) is 3. The molecular formula is C48H69N7O6. The number of carbonyl (C=O) groups excluding carboxylic acids is 4. The van der Waals surface area contributed by atoms with E-state index in [1.165, 1.54) is 0 Å². The van der Waals surface area contributed by atoms with E-state index in [0.29, 0.717) is 31.8 Å². The van der Waals surface area contributed by atoms with Crippen LogP contribution in [0.15, 0.2) is 66.9 Å². The topological polar surface area (TPSA) is 172 Å². The number of nitrogens with zero attached hydrogens (tertiary/aromatic N) is 3. The van der Waals surface area contributed by atoms with Crippen molar-refractivity contribution in [3.8, 4) is 11.3 Å². The zero-order valence-electron chi connectivity index (χ0n) is 37.2. The van der Waals surface area contributed by atoms with Crippen molar-refractivity contribution in [2.75, 3.05) is 27.3 Å². The summed E-state index contributed by atoms with van der Waals surface area (Å²) in [5.41, 5.74) is 8.84. The van der Waals surface area contributed by atoms with Gasteiger partial charge in [-0.05, 0) is 67.4 Å². The Hall–Kier alpha value is -4.59. The number of amides is 4. The first-order valence-electron chi connectivity index (χ1n) is 22.5. The number of primary amides is 1. The highest BCUT2D eigenvalue weighted by molar-refractivity contribution is 5.86. The number of hydrogen-bond donors (Lipinski definition) is 4. The van der Waals surface area contributed by atoms with Gasteiger partial charge in [0.05, 0.1) is 60.6 Å². The van der Waals surface area contributed by atoms with Crippen LogP contribution in [0.25, 0.3) is 11.3 Å². The maximum atomic E-state index is 14.4. The van der Waals surface area contributed by atoms with Crippen LogP contribution in [0, 0.1) is 29.6 Å². The Morgan fingerprint density at radius 1 is 0.934 bits per heavy atom. The molecule has 3 unspecified atom stereocenters. The van der Waals surface area contributed by atoms with Crippen LogP contribution in [0.4, 0.5) is 0 Å². The van der Waals surface area contributed by atoms with Crippen LogP contribution < -0.4 is 16.4 Å². The monoisotopic (exact) mass is 840 g/mol. The van der Waals surface area contributed by atoms with Crippen molar-refractivity contribution in [3.63, 3.8) is 0 Å². The fourth-order valence-electron chi connectivity index (χ4n) is 10.5. The molecule has 2 saturated heterocycles. The molecule has 0 spiro atoms. The lowest BCUT2D eigenvalue weighted by atomic mass is 9.84. The highest BCUT2D eigenvalue weighted by Gasteiger charge is 2.53. The molecule has 3 aromatic rings. The maximum Gasteiger partial charge on any atom is 0.237 e. The van der Waals surface area contributed by atoms with Crippen molar-refractivity contribution in [2.24, 2.45) is 35.3 Å². The summed E-state index contributed by atoms with van der Waals surface area (Å²) in [5, 5.41) is 6.52. The summed E-state index contributed by atoms with van der Waals surface area (Å²) in [6, 6.07) is 18.5. The number of ether oxygens (including phenoxy) is 2. The number of piperidine rings is 1. The normalized spacial score (nSPS) is 23.6. The van der Waals surface area contributed by atoms with E-state index >= 15 is 0 Å². The van der Waals surface area contributed by atoms with Gasteiger partial charge in [0.1, 0.15) is 5.82 Å². The molecule has 61 heavy (non-hydrogen) atoms. The van der Waals surface area contributed by atoms with Crippen molar-refractivity contribution in [3.05, 3.63) is 78.2 Å². The van der Waals surface area contributed by atoms with Gasteiger partial charge < -0.3 is 35.7 Å². The Kier molecular flexibility index (Phi) is 15.8. The summed E-state index contributed by atoms with van der Waals surface area (Å²) < 4.78 is 12.2. The molecule has 13 heteroatoms. The quantitative estimate of drug-likeness (QED) is 0.106. The molecule has 2 bridgehead atoms. The second-order valence-corrected chi connectivity index (χ2v) is 18.1. The third-order valence-electron chi connectivity index (χ3n) is 14.0. The van der Waals surface area contributed by atoms with Gasteiger partial charge in [0.2, 0.25) is 23.6 Å². The molecular weight excluding hydrogens is 771 g/mol. The number of nitrogens with two attached hydrogens (primary N) is 1. The standard InChI is InChI=1S/C48H69N7O6/c1-8-30(4)36(27-51-48(59)42(29(2)3)55-35-22-21-34(25-35)43(55)45(49)57)40(60-6)26-41(56)54-23-15-20-39(54)44(61-7)31(5)47(58)53-37(24-32-16-11-9-12-17-32)46-50-28-38(52-46)33-18-13-10-14-19-33/h9-14,16-19,28-31,34-37,39-40,42-44H,8,15,20-27H2,1-7H3,(H2,49,57)(H,50,52)(H,51,59)(H,53,58)/t30-,31+,34?,35?,36+,37-,39-,40+,42-,43?,44+/m0/s1. The van der Waals surface area contributed by atoms with E-state index in [0.717, 1.165) is 48.9 Å². The number of carbonyl (C=O) groups is 4. The molecule has 11 atom stereocenters. The SMILES string of the molecule is CC[C@H](C)[C@@H](CNC(=O)[C@H](C(C)C)N1C2CCC(C2)C1C(N)=O)[C@@H](CC(=O)N1CCC[C@H]1[C@H](OC)[C@@H](C)C(=O)N[C@@H](Cc1ccccc1)c1ncc(-c2ccccc2)[nH]1)OC. The first-order chi connectivity index (χ1) is 29.4. The highest BCUT2D eigenvalue weighted by atomic mass is 16.5. The highest BCUT2D eigenvalue weighted by Crippen LogP contribution is 2.44. The average Bonchev–Trinajstić information content (AvgIpc) is 4.10. The minimum atomic E-state index is -0.583. The van der Waals surface area contributed by atoms with Crippen LogP contribution in [0.3, 0.4) is 0 Å². The van der Waals surface area contributed by atoms with E-state index in [4.69, 9.17) is 20.2 Å². The lowest BCUT2D eigenvalue weighted by molar-refractivity contribution is -0.143. The van der Waals surface area contributed by atoms with Crippen LogP contribution in [0.2, 0.25) is 0 Å².